The lowest BCUT2D eigenvalue weighted by Gasteiger charge is -2.42. The van der Waals surface area contributed by atoms with Crippen LogP contribution in [0.3, 0.4) is 0 Å². The summed E-state index contributed by atoms with van der Waals surface area (Å²) in [6.07, 6.45) is 3.22. The monoisotopic (exact) mass is 292 g/mol. The molecule has 3 nitrogen and oxygen atoms in total. The molecule has 0 aliphatic heterocycles. The SMILES string of the molecule is CCCN(CCC)C(C)C(N)(CC)c1cccc(OC)c1. The number of rotatable bonds is 9. The maximum absolute atomic E-state index is 6.85. The van der Waals surface area contributed by atoms with Crippen LogP contribution in [0.25, 0.3) is 0 Å². The molecule has 0 saturated carbocycles. The van der Waals surface area contributed by atoms with E-state index in [1.807, 2.05) is 12.1 Å². The third kappa shape index (κ3) is 4.21. The highest BCUT2D eigenvalue weighted by atomic mass is 16.5. The molecule has 21 heavy (non-hydrogen) atoms. The number of nitrogens with two attached hydrogens (primary N) is 1. The Kier molecular flexibility index (Phi) is 7.20. The topological polar surface area (TPSA) is 38.5 Å². The molecule has 2 N–H and O–H groups in total. The summed E-state index contributed by atoms with van der Waals surface area (Å²) in [6, 6.07) is 8.51. The maximum Gasteiger partial charge on any atom is 0.119 e. The van der Waals surface area contributed by atoms with E-state index in [0.717, 1.165) is 43.7 Å². The van der Waals surface area contributed by atoms with Gasteiger partial charge in [0.25, 0.3) is 0 Å². The van der Waals surface area contributed by atoms with E-state index in [1.54, 1.807) is 7.11 Å². The zero-order valence-electron chi connectivity index (χ0n) is 14.4. The van der Waals surface area contributed by atoms with Gasteiger partial charge in [-0.2, -0.15) is 0 Å². The number of benzene rings is 1. The van der Waals surface area contributed by atoms with Gasteiger partial charge in [-0.05, 0) is 57.0 Å². The minimum atomic E-state index is -0.348. The lowest BCUT2D eigenvalue weighted by Crippen LogP contribution is -2.54. The van der Waals surface area contributed by atoms with E-state index in [4.69, 9.17) is 10.5 Å². The van der Waals surface area contributed by atoms with Crippen LogP contribution in [0, 0.1) is 0 Å². The lowest BCUT2D eigenvalue weighted by molar-refractivity contribution is 0.127. The molecule has 0 radical (unpaired) electrons. The molecule has 0 spiro atoms. The predicted molar refractivity (Wildman–Crippen MR) is 90.8 cm³/mol. The standard InChI is InChI=1S/C18H32N2O/c1-6-12-20(13-7-2)15(4)18(19,8-3)16-10-9-11-17(14-16)21-5/h9-11,14-15H,6-8,12-13,19H2,1-5H3. The summed E-state index contributed by atoms with van der Waals surface area (Å²) in [7, 11) is 1.70. The summed E-state index contributed by atoms with van der Waals surface area (Å²) in [4.78, 5) is 2.52. The highest BCUT2D eigenvalue weighted by Gasteiger charge is 2.35. The minimum Gasteiger partial charge on any atom is -0.497 e. The van der Waals surface area contributed by atoms with Gasteiger partial charge >= 0.3 is 0 Å². The molecule has 2 atom stereocenters. The number of methoxy groups -OCH3 is 1. The Labute approximate surface area is 130 Å². The van der Waals surface area contributed by atoms with Gasteiger partial charge < -0.3 is 10.5 Å². The summed E-state index contributed by atoms with van der Waals surface area (Å²) in [5.74, 6) is 0.875. The first-order valence-electron chi connectivity index (χ1n) is 8.20. The summed E-state index contributed by atoms with van der Waals surface area (Å²) >= 11 is 0. The molecule has 0 fully saturated rings. The molecule has 3 heteroatoms. The van der Waals surface area contributed by atoms with E-state index in [0.29, 0.717) is 6.04 Å². The third-order valence-corrected chi connectivity index (χ3v) is 4.51. The Hall–Kier alpha value is -1.06. The fourth-order valence-corrected chi connectivity index (χ4v) is 3.05. The largest absolute Gasteiger partial charge is 0.497 e. The van der Waals surface area contributed by atoms with E-state index < -0.39 is 0 Å². The zero-order valence-corrected chi connectivity index (χ0v) is 14.4. The van der Waals surface area contributed by atoms with Gasteiger partial charge in [0.2, 0.25) is 0 Å². The second kappa shape index (κ2) is 8.40. The van der Waals surface area contributed by atoms with Crippen LogP contribution in [0.15, 0.2) is 24.3 Å². The van der Waals surface area contributed by atoms with Crippen molar-refractivity contribution in [2.75, 3.05) is 20.2 Å². The van der Waals surface area contributed by atoms with Gasteiger partial charge in [-0.25, -0.2) is 0 Å². The van der Waals surface area contributed by atoms with Crippen LogP contribution >= 0.6 is 0 Å². The maximum atomic E-state index is 6.85. The van der Waals surface area contributed by atoms with Crippen LogP contribution in [0.5, 0.6) is 5.75 Å². The molecule has 0 bridgehead atoms. The van der Waals surface area contributed by atoms with Crippen molar-refractivity contribution in [3.63, 3.8) is 0 Å². The lowest BCUT2D eigenvalue weighted by atomic mass is 9.81. The average molecular weight is 292 g/mol. The summed E-state index contributed by atoms with van der Waals surface area (Å²) in [6.45, 7) is 11.1. The van der Waals surface area contributed by atoms with Gasteiger partial charge in [0.1, 0.15) is 5.75 Å². The second-order valence-electron chi connectivity index (χ2n) is 5.84. The van der Waals surface area contributed by atoms with Crippen LogP contribution < -0.4 is 10.5 Å². The Morgan fingerprint density at radius 2 is 1.81 bits per heavy atom. The minimum absolute atomic E-state index is 0.300. The quantitative estimate of drug-likeness (QED) is 0.753. The predicted octanol–water partition coefficient (Wildman–Crippen LogP) is 3.77. The van der Waals surface area contributed by atoms with Crippen molar-refractivity contribution in [1.82, 2.24) is 4.90 Å². The van der Waals surface area contributed by atoms with Gasteiger partial charge in [-0.1, -0.05) is 32.9 Å². The first kappa shape index (κ1) is 18.0. The van der Waals surface area contributed by atoms with Crippen molar-refractivity contribution in [1.29, 1.82) is 0 Å². The molecule has 0 aliphatic rings. The fraction of sp³-hybridized carbons (Fsp3) is 0.667. The Morgan fingerprint density at radius 1 is 1.19 bits per heavy atom. The number of hydrogen-bond acceptors (Lipinski definition) is 3. The van der Waals surface area contributed by atoms with E-state index in [9.17, 15) is 0 Å². The summed E-state index contributed by atoms with van der Waals surface area (Å²) < 4.78 is 5.36. The number of nitrogens with zero attached hydrogens (tertiary/aromatic N) is 1. The van der Waals surface area contributed by atoms with Crippen LogP contribution in [-0.2, 0) is 5.54 Å². The van der Waals surface area contributed by atoms with Crippen LogP contribution in [0.2, 0.25) is 0 Å². The van der Waals surface area contributed by atoms with E-state index in [1.165, 1.54) is 0 Å². The van der Waals surface area contributed by atoms with Crippen molar-refractivity contribution < 1.29 is 4.74 Å². The molecule has 0 aliphatic carbocycles. The van der Waals surface area contributed by atoms with Crippen molar-refractivity contribution in [2.24, 2.45) is 5.73 Å². The van der Waals surface area contributed by atoms with Crippen molar-refractivity contribution in [3.8, 4) is 5.75 Å². The van der Waals surface area contributed by atoms with Crippen molar-refractivity contribution in [3.05, 3.63) is 29.8 Å². The van der Waals surface area contributed by atoms with E-state index >= 15 is 0 Å². The van der Waals surface area contributed by atoms with Gasteiger partial charge in [-0.3, -0.25) is 4.90 Å². The normalized spacial score (nSPS) is 15.8. The first-order valence-corrected chi connectivity index (χ1v) is 8.20. The van der Waals surface area contributed by atoms with Crippen molar-refractivity contribution >= 4 is 0 Å². The van der Waals surface area contributed by atoms with Gasteiger partial charge in [0.15, 0.2) is 0 Å². The third-order valence-electron chi connectivity index (χ3n) is 4.51. The molecule has 0 heterocycles. The van der Waals surface area contributed by atoms with E-state index in [-0.39, 0.29) is 5.54 Å². The molecule has 2 unspecified atom stereocenters. The van der Waals surface area contributed by atoms with Gasteiger partial charge in [-0.15, -0.1) is 0 Å². The number of hydrogen-bond donors (Lipinski definition) is 1. The zero-order chi connectivity index (χ0) is 15.9. The molecule has 0 amide bonds. The Balaban J connectivity index is 3.10. The Morgan fingerprint density at radius 3 is 2.29 bits per heavy atom. The van der Waals surface area contributed by atoms with Crippen LogP contribution in [0.1, 0.15) is 52.5 Å². The number of ether oxygens (including phenoxy) is 1. The molecule has 1 rings (SSSR count). The fourth-order valence-electron chi connectivity index (χ4n) is 3.05. The molecular formula is C18H32N2O. The van der Waals surface area contributed by atoms with E-state index in [2.05, 4.69) is 44.7 Å². The smallest absolute Gasteiger partial charge is 0.119 e. The summed E-state index contributed by atoms with van der Waals surface area (Å²) in [5, 5.41) is 0. The molecule has 120 valence electrons. The molecule has 0 aromatic heterocycles. The highest BCUT2D eigenvalue weighted by Crippen LogP contribution is 2.31. The Bertz CT molecular complexity index is 415. The van der Waals surface area contributed by atoms with Gasteiger partial charge in [0.05, 0.1) is 12.6 Å². The molecule has 1 aromatic carbocycles. The second-order valence-corrected chi connectivity index (χ2v) is 5.84. The highest BCUT2D eigenvalue weighted by molar-refractivity contribution is 5.34. The van der Waals surface area contributed by atoms with Crippen molar-refractivity contribution in [2.45, 2.75) is 58.5 Å². The summed E-state index contributed by atoms with van der Waals surface area (Å²) in [5.41, 5.74) is 7.66. The van der Waals surface area contributed by atoms with Crippen LogP contribution in [0.4, 0.5) is 0 Å². The average Bonchev–Trinajstić information content (AvgIpc) is 2.53. The van der Waals surface area contributed by atoms with Crippen LogP contribution in [-0.4, -0.2) is 31.1 Å². The molecule has 1 aromatic rings. The first-order chi connectivity index (χ1) is 10.0. The van der Waals surface area contributed by atoms with Gasteiger partial charge in [0, 0.05) is 6.04 Å². The molecule has 0 saturated heterocycles. The molecular weight excluding hydrogens is 260 g/mol.